The first-order valence-corrected chi connectivity index (χ1v) is 33.5. The number of carbonyl (C=O) groups is 3. The summed E-state index contributed by atoms with van der Waals surface area (Å²) in [5, 5.41) is 20.5. The third-order valence-electron chi connectivity index (χ3n) is 12.3. The van der Waals surface area contributed by atoms with Crippen LogP contribution in [0.2, 0.25) is 0 Å². The molecule has 0 amide bonds. The summed E-state index contributed by atoms with van der Waals surface area (Å²) >= 11 is 0. The molecule has 0 saturated carbocycles. The Hall–Kier alpha value is -3.53. The quantitative estimate of drug-likeness (QED) is 0.0146. The van der Waals surface area contributed by atoms with Crippen molar-refractivity contribution in [3.63, 3.8) is 0 Å². The van der Waals surface area contributed by atoms with Crippen molar-refractivity contribution in [3.05, 3.63) is 97.2 Å². The number of phosphoric ester groups is 2. The Bertz CT molecular complexity index is 1870. The minimum absolute atomic E-state index is 0.0900. The number of ether oxygens (including phenoxy) is 3. The zero-order valence-electron chi connectivity index (χ0n) is 49.9. The van der Waals surface area contributed by atoms with E-state index in [1.807, 2.05) is 0 Å². The van der Waals surface area contributed by atoms with Gasteiger partial charge in [-0.15, -0.1) is 0 Å². The number of aliphatic hydroxyl groups excluding tert-OH is 2. The third kappa shape index (κ3) is 58.1. The molecule has 5 atom stereocenters. The molecule has 81 heavy (non-hydrogen) atoms. The van der Waals surface area contributed by atoms with Crippen LogP contribution in [-0.2, 0) is 55.8 Å². The molecule has 0 radical (unpaired) electrons. The second-order valence-corrected chi connectivity index (χ2v) is 23.0. The smallest absolute Gasteiger partial charge is 0.463 e. The van der Waals surface area contributed by atoms with Gasteiger partial charge in [0.25, 0.3) is 0 Å². The van der Waals surface area contributed by atoms with E-state index >= 15 is 0 Å². The number of rotatable bonds is 57. The van der Waals surface area contributed by atoms with E-state index < -0.39 is 91.5 Å². The first-order chi connectivity index (χ1) is 39.2. The van der Waals surface area contributed by atoms with Gasteiger partial charge in [-0.1, -0.05) is 195 Å². The molecule has 0 aromatic heterocycles. The van der Waals surface area contributed by atoms with Crippen molar-refractivity contribution < 1.29 is 75.8 Å². The maximum atomic E-state index is 12.8. The summed E-state index contributed by atoms with van der Waals surface area (Å²) < 4.78 is 60.6. The number of phosphoric acid groups is 2. The lowest BCUT2D eigenvalue weighted by atomic mass is 10.1. The lowest BCUT2D eigenvalue weighted by molar-refractivity contribution is -0.161. The minimum atomic E-state index is -4.92. The largest absolute Gasteiger partial charge is 0.472 e. The summed E-state index contributed by atoms with van der Waals surface area (Å²) in [6.45, 7) is 2.32. The molecule has 0 aromatic carbocycles. The van der Waals surface area contributed by atoms with Gasteiger partial charge in [-0.2, -0.15) is 0 Å². The van der Waals surface area contributed by atoms with E-state index in [1.165, 1.54) is 12.8 Å². The van der Waals surface area contributed by atoms with Gasteiger partial charge in [-0.25, -0.2) is 9.13 Å². The van der Waals surface area contributed by atoms with Gasteiger partial charge in [-0.05, 0) is 109 Å². The van der Waals surface area contributed by atoms with Crippen LogP contribution in [0.5, 0.6) is 0 Å². The van der Waals surface area contributed by atoms with Crippen LogP contribution < -0.4 is 0 Å². The molecular weight excluding hydrogens is 1070 g/mol. The second-order valence-electron chi connectivity index (χ2n) is 20.1. The highest BCUT2D eigenvalue weighted by Crippen LogP contribution is 2.45. The second kappa shape index (κ2) is 56.9. The topological polar surface area (TPSA) is 231 Å². The maximum Gasteiger partial charge on any atom is 0.472 e. The van der Waals surface area contributed by atoms with E-state index in [1.54, 1.807) is 0 Å². The third-order valence-corrected chi connectivity index (χ3v) is 14.2. The Balaban J connectivity index is 4.68. The molecule has 0 aliphatic heterocycles. The normalized spacial score (nSPS) is 15.1. The number of allylic oxidation sites excluding steroid dienone is 16. The highest BCUT2D eigenvalue weighted by atomic mass is 31.2. The summed E-state index contributed by atoms with van der Waals surface area (Å²) in [6.07, 6.45) is 59.1. The first kappa shape index (κ1) is 77.5. The molecule has 16 nitrogen and oxygen atoms in total. The summed E-state index contributed by atoms with van der Waals surface area (Å²) in [5.74, 6) is -1.62. The van der Waals surface area contributed by atoms with E-state index in [4.69, 9.17) is 32.3 Å². The van der Waals surface area contributed by atoms with E-state index in [9.17, 15) is 43.5 Å². The Morgan fingerprint density at radius 1 is 0.358 bits per heavy atom. The Labute approximate surface area is 488 Å². The molecule has 4 N–H and O–H groups in total. The van der Waals surface area contributed by atoms with E-state index in [0.29, 0.717) is 19.3 Å². The van der Waals surface area contributed by atoms with Crippen molar-refractivity contribution in [2.45, 2.75) is 245 Å². The van der Waals surface area contributed by atoms with Crippen molar-refractivity contribution in [3.8, 4) is 0 Å². The maximum absolute atomic E-state index is 12.8. The summed E-state index contributed by atoms with van der Waals surface area (Å²) in [5.41, 5.74) is 0. The zero-order chi connectivity index (χ0) is 59.6. The van der Waals surface area contributed by atoms with Crippen LogP contribution >= 0.6 is 15.6 Å². The fourth-order valence-electron chi connectivity index (χ4n) is 7.61. The van der Waals surface area contributed by atoms with Crippen molar-refractivity contribution in [1.29, 1.82) is 0 Å². The van der Waals surface area contributed by atoms with Gasteiger partial charge in [0.15, 0.2) is 6.10 Å². The number of carbonyl (C=O) groups excluding carboxylic acids is 3. The van der Waals surface area contributed by atoms with Gasteiger partial charge < -0.3 is 34.2 Å². The van der Waals surface area contributed by atoms with Gasteiger partial charge >= 0.3 is 33.6 Å². The number of unbranched alkanes of at least 4 members (excludes halogenated alkanes) is 18. The Kier molecular flexibility index (Phi) is 54.4. The highest BCUT2D eigenvalue weighted by molar-refractivity contribution is 7.47. The Morgan fingerprint density at radius 3 is 1.05 bits per heavy atom. The van der Waals surface area contributed by atoms with Gasteiger partial charge in [0.1, 0.15) is 25.4 Å². The fraction of sp³-hybridized carbons (Fsp3) is 0.698. The molecule has 0 rings (SSSR count). The molecule has 0 fully saturated rings. The summed E-state index contributed by atoms with van der Waals surface area (Å²) in [7, 11) is -9.77. The van der Waals surface area contributed by atoms with Crippen LogP contribution in [0.3, 0.4) is 0 Å². The average Bonchev–Trinajstić information content (AvgIpc) is 3.44. The van der Waals surface area contributed by atoms with Crippen LogP contribution in [-0.4, -0.2) is 95.9 Å². The number of esters is 3. The molecule has 0 aromatic rings. The van der Waals surface area contributed by atoms with Crippen LogP contribution in [0.1, 0.15) is 226 Å². The first-order valence-electron chi connectivity index (χ1n) is 30.5. The molecule has 0 aliphatic carbocycles. The lowest BCUT2D eigenvalue weighted by Gasteiger charge is -2.21. The molecule has 18 heteroatoms. The van der Waals surface area contributed by atoms with Gasteiger partial charge in [-0.3, -0.25) is 32.5 Å². The Morgan fingerprint density at radius 2 is 0.654 bits per heavy atom. The standard InChI is InChI=1S/C63H108O16P2/c1-4-7-10-13-16-19-22-24-26-28-30-32-35-37-40-43-46-49-61(66)73-52-58(64)53-75-80(69,70)76-54-59(65)55-77-81(71,72)78-57-60(79-63(68)51-48-45-42-39-34-21-18-15-12-9-6-3)56-74-62(67)50-47-44-41-38-36-33-31-29-27-25-23-20-17-14-11-8-5-2/h7-8,10-11,15-20,24-27,30,32,58-60,64-65H,4-6,9,12-14,21-23,28-29,31,33-57H2,1-3H3,(H,69,70)(H,71,72)/b10-7-,11-8-,18-15-,19-16-,20-17-,26-24-,27-25-,32-30-. The zero-order valence-corrected chi connectivity index (χ0v) is 51.7. The van der Waals surface area contributed by atoms with E-state index in [2.05, 4.69) is 118 Å². The predicted octanol–water partition coefficient (Wildman–Crippen LogP) is 16.0. The number of aliphatic hydroxyl groups is 2. The van der Waals surface area contributed by atoms with Crippen molar-refractivity contribution in [2.75, 3.05) is 39.6 Å². The summed E-state index contributed by atoms with van der Waals surface area (Å²) in [6, 6.07) is 0. The van der Waals surface area contributed by atoms with Crippen LogP contribution in [0.15, 0.2) is 97.2 Å². The molecule has 0 bridgehead atoms. The van der Waals surface area contributed by atoms with Gasteiger partial charge in [0, 0.05) is 19.3 Å². The molecular formula is C63H108O16P2. The monoisotopic (exact) mass is 1180 g/mol. The molecule has 5 unspecified atom stereocenters. The molecule has 0 heterocycles. The van der Waals surface area contributed by atoms with Crippen LogP contribution in [0.25, 0.3) is 0 Å². The highest BCUT2D eigenvalue weighted by Gasteiger charge is 2.29. The molecule has 0 aliphatic rings. The molecule has 0 spiro atoms. The van der Waals surface area contributed by atoms with Crippen molar-refractivity contribution >= 4 is 33.6 Å². The van der Waals surface area contributed by atoms with Crippen LogP contribution in [0.4, 0.5) is 0 Å². The van der Waals surface area contributed by atoms with Gasteiger partial charge in [0.05, 0.1) is 26.4 Å². The van der Waals surface area contributed by atoms with E-state index in [-0.39, 0.29) is 19.3 Å². The molecule has 0 saturated heterocycles. The molecule has 466 valence electrons. The van der Waals surface area contributed by atoms with Crippen molar-refractivity contribution in [1.82, 2.24) is 0 Å². The average molecular weight is 1180 g/mol. The van der Waals surface area contributed by atoms with E-state index in [0.717, 1.165) is 154 Å². The number of hydrogen-bond donors (Lipinski definition) is 4. The minimum Gasteiger partial charge on any atom is -0.463 e. The van der Waals surface area contributed by atoms with Crippen molar-refractivity contribution in [2.24, 2.45) is 0 Å². The summed E-state index contributed by atoms with van der Waals surface area (Å²) in [4.78, 5) is 58.1. The van der Waals surface area contributed by atoms with Gasteiger partial charge in [0.2, 0.25) is 0 Å². The SMILES string of the molecule is CC/C=C\C/C=C\C/C=C\C/C=C\CCCCCCC(=O)OCC(O)COP(=O)(O)OCC(O)COP(=O)(O)OCC(COC(=O)CCCCCCCCC/C=C\C/C=C\C/C=C\CC)OC(=O)CCCCCCC/C=C\CCCC. The van der Waals surface area contributed by atoms with Crippen LogP contribution in [0, 0.1) is 0 Å². The predicted molar refractivity (Wildman–Crippen MR) is 325 cm³/mol. The number of hydrogen-bond acceptors (Lipinski definition) is 14. The fourth-order valence-corrected chi connectivity index (χ4v) is 9.20. The lowest BCUT2D eigenvalue weighted by Crippen LogP contribution is -2.30.